The Hall–Kier alpha value is -0.0800. The second-order valence-electron chi connectivity index (χ2n) is 2.16. The lowest BCUT2D eigenvalue weighted by molar-refractivity contribution is -0.111. The highest BCUT2D eigenvalue weighted by Gasteiger charge is 1.94. The molecule has 0 bridgehead atoms. The highest BCUT2D eigenvalue weighted by molar-refractivity contribution is 6.63. The van der Waals surface area contributed by atoms with E-state index in [1.165, 1.54) is 0 Å². The van der Waals surface area contributed by atoms with Gasteiger partial charge in [0.25, 0.3) is 0 Å². The number of rotatable bonds is 6. The molecular weight excluding hydrogens is 152 g/mol. The zero-order valence-electron chi connectivity index (χ0n) is 6.23. The average molecular weight is 165 g/mol. The van der Waals surface area contributed by atoms with Crippen LogP contribution < -0.4 is 0 Å². The fourth-order valence-electron chi connectivity index (χ4n) is 0.687. The summed E-state index contributed by atoms with van der Waals surface area (Å²) in [4.78, 5) is 10.2. The molecule has 0 heterocycles. The Morgan fingerprint density at radius 2 is 2.10 bits per heavy atom. The Kier molecular flexibility index (Phi) is 6.98. The number of carbonyl (C=O) groups excluding carboxylic acids is 1. The van der Waals surface area contributed by atoms with E-state index < -0.39 is 0 Å². The standard InChI is InChI=1S/C7H13ClO2/c1-10-6-4-2-3-5-7(8)9/h2-6H2,1H3. The molecule has 10 heavy (non-hydrogen) atoms. The molecule has 0 aliphatic rings. The number of carbonyl (C=O) groups is 1. The van der Waals surface area contributed by atoms with Crippen LogP contribution in [0.3, 0.4) is 0 Å². The van der Waals surface area contributed by atoms with Crippen LogP contribution in [0.5, 0.6) is 0 Å². The number of halogens is 1. The molecule has 0 rings (SSSR count). The van der Waals surface area contributed by atoms with E-state index in [9.17, 15) is 4.79 Å². The molecule has 0 aromatic carbocycles. The van der Waals surface area contributed by atoms with Gasteiger partial charge in [-0.3, -0.25) is 4.79 Å². The molecule has 0 N–H and O–H groups in total. The van der Waals surface area contributed by atoms with Gasteiger partial charge in [0.1, 0.15) is 0 Å². The van der Waals surface area contributed by atoms with E-state index in [-0.39, 0.29) is 5.24 Å². The largest absolute Gasteiger partial charge is 0.385 e. The summed E-state index contributed by atoms with van der Waals surface area (Å²) in [5.74, 6) is 0. The molecule has 0 unspecified atom stereocenters. The summed E-state index contributed by atoms with van der Waals surface area (Å²) < 4.78 is 4.83. The van der Waals surface area contributed by atoms with Gasteiger partial charge in [0.15, 0.2) is 0 Å². The van der Waals surface area contributed by atoms with Gasteiger partial charge >= 0.3 is 0 Å². The fourth-order valence-corrected chi connectivity index (χ4v) is 0.821. The Labute approximate surface area is 66.5 Å². The lowest BCUT2D eigenvalue weighted by Crippen LogP contribution is -1.90. The number of unbranched alkanes of at least 4 members (excludes halogenated alkanes) is 2. The summed E-state index contributed by atoms with van der Waals surface area (Å²) in [6, 6.07) is 0. The highest BCUT2D eigenvalue weighted by Crippen LogP contribution is 2.01. The number of hydrogen-bond donors (Lipinski definition) is 0. The van der Waals surface area contributed by atoms with E-state index in [2.05, 4.69) is 0 Å². The number of ether oxygens (including phenoxy) is 1. The average Bonchev–Trinajstić information content (AvgIpc) is 1.87. The van der Waals surface area contributed by atoms with Crippen molar-refractivity contribution in [2.45, 2.75) is 25.7 Å². The van der Waals surface area contributed by atoms with Crippen molar-refractivity contribution in [1.29, 1.82) is 0 Å². The van der Waals surface area contributed by atoms with E-state index in [4.69, 9.17) is 16.3 Å². The molecule has 0 atom stereocenters. The smallest absolute Gasteiger partial charge is 0.221 e. The van der Waals surface area contributed by atoms with Gasteiger partial charge in [-0.15, -0.1) is 0 Å². The van der Waals surface area contributed by atoms with Gasteiger partial charge in [-0.2, -0.15) is 0 Å². The van der Waals surface area contributed by atoms with Gasteiger partial charge in [-0.1, -0.05) is 6.42 Å². The van der Waals surface area contributed by atoms with E-state index >= 15 is 0 Å². The van der Waals surface area contributed by atoms with Crippen LogP contribution in [-0.2, 0) is 9.53 Å². The molecule has 0 amide bonds. The Morgan fingerprint density at radius 1 is 1.40 bits per heavy atom. The van der Waals surface area contributed by atoms with Gasteiger partial charge in [0.2, 0.25) is 5.24 Å². The van der Waals surface area contributed by atoms with Crippen LogP contribution in [-0.4, -0.2) is 19.0 Å². The Morgan fingerprint density at radius 3 is 2.60 bits per heavy atom. The van der Waals surface area contributed by atoms with Gasteiger partial charge < -0.3 is 4.74 Å². The first-order valence-electron chi connectivity index (χ1n) is 3.44. The minimum Gasteiger partial charge on any atom is -0.385 e. The summed E-state index contributed by atoms with van der Waals surface area (Å²) in [6.45, 7) is 0.774. The first kappa shape index (κ1) is 9.92. The second kappa shape index (κ2) is 7.03. The van der Waals surface area contributed by atoms with Crippen LogP contribution in [0.4, 0.5) is 0 Å². The van der Waals surface area contributed by atoms with Gasteiger partial charge in [0.05, 0.1) is 0 Å². The quantitative estimate of drug-likeness (QED) is 0.443. The van der Waals surface area contributed by atoms with Crippen LogP contribution in [0.2, 0.25) is 0 Å². The Bertz CT molecular complexity index is 93.6. The molecule has 0 aliphatic carbocycles. The van der Waals surface area contributed by atoms with Crippen LogP contribution in [0.25, 0.3) is 0 Å². The van der Waals surface area contributed by atoms with Gasteiger partial charge in [-0.05, 0) is 24.4 Å². The molecule has 0 radical (unpaired) electrons. The van der Waals surface area contributed by atoms with Crippen molar-refractivity contribution in [3.8, 4) is 0 Å². The number of hydrogen-bond acceptors (Lipinski definition) is 2. The van der Waals surface area contributed by atoms with Gasteiger partial charge in [-0.25, -0.2) is 0 Å². The zero-order chi connectivity index (χ0) is 7.82. The summed E-state index contributed by atoms with van der Waals surface area (Å²) in [6.07, 6.45) is 3.41. The van der Waals surface area contributed by atoms with Crippen molar-refractivity contribution in [2.24, 2.45) is 0 Å². The topological polar surface area (TPSA) is 26.3 Å². The first-order chi connectivity index (χ1) is 4.77. The number of methoxy groups -OCH3 is 1. The summed E-state index contributed by atoms with van der Waals surface area (Å²) in [5.41, 5.74) is 0. The minimum atomic E-state index is -0.239. The molecule has 0 aromatic rings. The highest BCUT2D eigenvalue weighted by atomic mass is 35.5. The lowest BCUT2D eigenvalue weighted by atomic mass is 10.2. The lowest BCUT2D eigenvalue weighted by Gasteiger charge is -1.96. The van der Waals surface area contributed by atoms with Crippen molar-refractivity contribution < 1.29 is 9.53 Å². The molecule has 0 spiro atoms. The molecular formula is C7H13ClO2. The molecule has 0 saturated carbocycles. The van der Waals surface area contributed by atoms with Crippen LogP contribution in [0, 0.1) is 0 Å². The van der Waals surface area contributed by atoms with E-state index in [0.29, 0.717) is 6.42 Å². The molecule has 0 fully saturated rings. The third kappa shape index (κ3) is 7.92. The fraction of sp³-hybridized carbons (Fsp3) is 0.857. The van der Waals surface area contributed by atoms with E-state index in [1.54, 1.807) is 7.11 Å². The zero-order valence-corrected chi connectivity index (χ0v) is 6.99. The maximum Gasteiger partial charge on any atom is 0.221 e. The molecule has 2 nitrogen and oxygen atoms in total. The summed E-state index contributed by atoms with van der Waals surface area (Å²) in [5, 5.41) is -0.239. The van der Waals surface area contributed by atoms with E-state index in [1.807, 2.05) is 0 Å². The van der Waals surface area contributed by atoms with Crippen LogP contribution in [0.1, 0.15) is 25.7 Å². The van der Waals surface area contributed by atoms with Crippen molar-refractivity contribution in [3.05, 3.63) is 0 Å². The third-order valence-corrected chi connectivity index (χ3v) is 1.41. The monoisotopic (exact) mass is 164 g/mol. The molecule has 0 aliphatic heterocycles. The van der Waals surface area contributed by atoms with E-state index in [0.717, 1.165) is 25.9 Å². The minimum absolute atomic E-state index is 0.239. The Balaban J connectivity index is 2.84. The second-order valence-corrected chi connectivity index (χ2v) is 2.58. The molecule has 60 valence electrons. The normalized spacial score (nSPS) is 9.80. The van der Waals surface area contributed by atoms with Crippen molar-refractivity contribution in [3.63, 3.8) is 0 Å². The first-order valence-corrected chi connectivity index (χ1v) is 3.82. The maximum absolute atomic E-state index is 10.2. The third-order valence-electron chi connectivity index (χ3n) is 1.22. The van der Waals surface area contributed by atoms with Crippen molar-refractivity contribution in [2.75, 3.05) is 13.7 Å². The van der Waals surface area contributed by atoms with Crippen LogP contribution in [0.15, 0.2) is 0 Å². The summed E-state index contributed by atoms with van der Waals surface area (Å²) >= 11 is 5.12. The van der Waals surface area contributed by atoms with Crippen molar-refractivity contribution >= 4 is 16.8 Å². The van der Waals surface area contributed by atoms with Crippen LogP contribution >= 0.6 is 11.6 Å². The van der Waals surface area contributed by atoms with Crippen molar-refractivity contribution in [1.82, 2.24) is 0 Å². The molecule has 0 saturated heterocycles. The predicted octanol–water partition coefficient (Wildman–Crippen LogP) is 1.96. The molecule has 0 aromatic heterocycles. The van der Waals surface area contributed by atoms with Gasteiger partial charge in [0, 0.05) is 20.1 Å². The predicted molar refractivity (Wildman–Crippen MR) is 41.2 cm³/mol. The summed E-state index contributed by atoms with van der Waals surface area (Å²) in [7, 11) is 1.67. The molecule has 3 heteroatoms. The maximum atomic E-state index is 10.2. The SMILES string of the molecule is COCCCCCC(=O)Cl.